The van der Waals surface area contributed by atoms with E-state index in [1.807, 2.05) is 6.92 Å². The van der Waals surface area contributed by atoms with Crippen molar-refractivity contribution >= 4 is 29.3 Å². The van der Waals surface area contributed by atoms with E-state index in [9.17, 15) is 14.7 Å². The fourth-order valence-corrected chi connectivity index (χ4v) is 2.20. The third-order valence-electron chi connectivity index (χ3n) is 3.34. The first kappa shape index (κ1) is 19.3. The quantitative estimate of drug-likeness (QED) is 0.712. The number of urea groups is 1. The summed E-state index contributed by atoms with van der Waals surface area (Å²) in [5.74, 6) is -0.371. The predicted molar refractivity (Wildman–Crippen MR) is 89.6 cm³/mol. The highest BCUT2D eigenvalue weighted by Gasteiger charge is 2.23. The van der Waals surface area contributed by atoms with Crippen molar-refractivity contribution < 1.29 is 19.4 Å². The number of ether oxygens (including phenoxy) is 1. The van der Waals surface area contributed by atoms with Gasteiger partial charge >= 0.3 is 12.0 Å². The van der Waals surface area contributed by atoms with Gasteiger partial charge in [0.25, 0.3) is 0 Å². The highest BCUT2D eigenvalue weighted by molar-refractivity contribution is 6.30. The Labute approximate surface area is 141 Å². The van der Waals surface area contributed by atoms with Crippen LogP contribution in [0.15, 0.2) is 24.3 Å². The van der Waals surface area contributed by atoms with E-state index >= 15 is 0 Å². The Morgan fingerprint density at radius 3 is 2.48 bits per heavy atom. The number of nitrogens with zero attached hydrogens (tertiary/aromatic N) is 1. The molecule has 23 heavy (non-hydrogen) atoms. The smallest absolute Gasteiger partial charge is 0.322 e. The fourth-order valence-electron chi connectivity index (χ4n) is 2.07. The maximum absolute atomic E-state index is 12.4. The molecule has 0 fully saturated rings. The third-order valence-corrected chi connectivity index (χ3v) is 3.59. The number of amides is 2. The van der Waals surface area contributed by atoms with Crippen LogP contribution in [0.4, 0.5) is 10.5 Å². The van der Waals surface area contributed by atoms with E-state index in [-0.39, 0.29) is 37.6 Å². The summed E-state index contributed by atoms with van der Waals surface area (Å²) in [5.41, 5.74) is 0.591. The van der Waals surface area contributed by atoms with Crippen LogP contribution in [0.2, 0.25) is 5.02 Å². The van der Waals surface area contributed by atoms with Crippen LogP contribution in [0.1, 0.15) is 26.7 Å². The molecule has 0 radical (unpaired) electrons. The van der Waals surface area contributed by atoms with Crippen LogP contribution in [0.3, 0.4) is 0 Å². The van der Waals surface area contributed by atoms with Crippen molar-refractivity contribution in [2.75, 3.05) is 25.1 Å². The Kier molecular flexibility index (Phi) is 8.43. The minimum atomic E-state index is -0.377. The summed E-state index contributed by atoms with van der Waals surface area (Å²) in [6.45, 7) is 3.90. The topological polar surface area (TPSA) is 78.9 Å². The van der Waals surface area contributed by atoms with Crippen LogP contribution in [0, 0.1) is 0 Å². The van der Waals surface area contributed by atoms with Gasteiger partial charge in [-0.05, 0) is 37.6 Å². The molecular weight excluding hydrogens is 320 g/mol. The second-order valence-corrected chi connectivity index (χ2v) is 5.37. The van der Waals surface area contributed by atoms with E-state index in [0.717, 1.165) is 0 Å². The molecule has 0 bridgehead atoms. The lowest BCUT2D eigenvalue weighted by Gasteiger charge is -2.29. The van der Waals surface area contributed by atoms with E-state index in [1.165, 1.54) is 4.90 Å². The van der Waals surface area contributed by atoms with E-state index in [1.54, 1.807) is 31.2 Å². The van der Waals surface area contributed by atoms with Crippen molar-refractivity contribution in [3.8, 4) is 0 Å². The number of aliphatic hydroxyl groups is 1. The molecule has 0 aliphatic rings. The van der Waals surface area contributed by atoms with Crippen LogP contribution in [0.5, 0.6) is 0 Å². The largest absolute Gasteiger partial charge is 0.466 e. The Morgan fingerprint density at radius 2 is 1.96 bits per heavy atom. The van der Waals surface area contributed by atoms with Gasteiger partial charge in [-0.15, -0.1) is 0 Å². The molecular formula is C16H23ClN2O4. The molecule has 0 saturated carbocycles. The standard InChI is InChI=1S/C16H23ClN2O4/c1-3-14(11-20)19(10-9-15(21)23-4-2)16(22)18-13-7-5-12(17)6-8-13/h5-8,14,20H,3-4,9-11H2,1-2H3,(H,18,22). The summed E-state index contributed by atoms with van der Waals surface area (Å²) in [6, 6.07) is 5.97. The molecule has 1 unspecified atom stereocenters. The van der Waals surface area contributed by atoms with Crippen molar-refractivity contribution in [3.05, 3.63) is 29.3 Å². The van der Waals surface area contributed by atoms with Crippen LogP contribution in [-0.2, 0) is 9.53 Å². The molecule has 0 saturated heterocycles. The lowest BCUT2D eigenvalue weighted by Crippen LogP contribution is -2.45. The van der Waals surface area contributed by atoms with Gasteiger partial charge in [0.1, 0.15) is 0 Å². The number of rotatable bonds is 8. The summed E-state index contributed by atoms with van der Waals surface area (Å²) in [6.07, 6.45) is 0.658. The highest BCUT2D eigenvalue weighted by atomic mass is 35.5. The lowest BCUT2D eigenvalue weighted by atomic mass is 10.2. The highest BCUT2D eigenvalue weighted by Crippen LogP contribution is 2.15. The van der Waals surface area contributed by atoms with Gasteiger partial charge in [0, 0.05) is 17.3 Å². The molecule has 7 heteroatoms. The number of halogens is 1. The summed E-state index contributed by atoms with van der Waals surface area (Å²) in [5, 5.41) is 12.8. The monoisotopic (exact) mass is 342 g/mol. The zero-order valence-electron chi connectivity index (χ0n) is 13.4. The first-order valence-electron chi connectivity index (χ1n) is 7.61. The Balaban J connectivity index is 2.75. The number of carbonyl (C=O) groups excluding carboxylic acids is 2. The summed E-state index contributed by atoms with van der Waals surface area (Å²) < 4.78 is 4.88. The summed E-state index contributed by atoms with van der Waals surface area (Å²) >= 11 is 5.81. The molecule has 2 amide bonds. The van der Waals surface area contributed by atoms with E-state index in [4.69, 9.17) is 16.3 Å². The molecule has 0 heterocycles. The van der Waals surface area contributed by atoms with Crippen molar-refractivity contribution in [3.63, 3.8) is 0 Å². The number of hydrogen-bond donors (Lipinski definition) is 2. The third kappa shape index (κ3) is 6.46. The first-order valence-corrected chi connectivity index (χ1v) is 7.99. The second kappa shape index (κ2) is 10.1. The molecule has 1 rings (SSSR count). The van der Waals surface area contributed by atoms with Gasteiger partial charge in [-0.3, -0.25) is 4.79 Å². The maximum Gasteiger partial charge on any atom is 0.322 e. The van der Waals surface area contributed by atoms with Gasteiger partial charge in [-0.2, -0.15) is 0 Å². The Morgan fingerprint density at radius 1 is 1.30 bits per heavy atom. The predicted octanol–water partition coefficient (Wildman–Crippen LogP) is 2.90. The molecule has 6 nitrogen and oxygen atoms in total. The molecule has 0 aliphatic heterocycles. The summed E-state index contributed by atoms with van der Waals surface area (Å²) in [7, 11) is 0. The lowest BCUT2D eigenvalue weighted by molar-refractivity contribution is -0.143. The molecule has 128 valence electrons. The fraction of sp³-hybridized carbons (Fsp3) is 0.500. The minimum Gasteiger partial charge on any atom is -0.466 e. The number of hydrogen-bond acceptors (Lipinski definition) is 4. The number of aliphatic hydroxyl groups excluding tert-OH is 1. The van der Waals surface area contributed by atoms with Crippen molar-refractivity contribution in [2.45, 2.75) is 32.7 Å². The van der Waals surface area contributed by atoms with Gasteiger partial charge in [-0.1, -0.05) is 18.5 Å². The zero-order chi connectivity index (χ0) is 17.2. The number of anilines is 1. The molecule has 2 N–H and O–H groups in total. The molecule has 0 aromatic heterocycles. The average Bonchev–Trinajstić information content (AvgIpc) is 2.53. The first-order chi connectivity index (χ1) is 11.0. The minimum absolute atomic E-state index is 0.0817. The van der Waals surface area contributed by atoms with Gasteiger partial charge in [-0.25, -0.2) is 4.79 Å². The van der Waals surface area contributed by atoms with Crippen molar-refractivity contribution in [2.24, 2.45) is 0 Å². The Hall–Kier alpha value is -1.79. The van der Waals surface area contributed by atoms with Gasteiger partial charge < -0.3 is 20.1 Å². The molecule has 0 aliphatic carbocycles. The van der Waals surface area contributed by atoms with Crippen molar-refractivity contribution in [1.29, 1.82) is 0 Å². The van der Waals surface area contributed by atoms with E-state index in [0.29, 0.717) is 23.7 Å². The molecule has 1 atom stereocenters. The van der Waals surface area contributed by atoms with Crippen LogP contribution < -0.4 is 5.32 Å². The zero-order valence-corrected chi connectivity index (χ0v) is 14.2. The number of esters is 1. The molecule has 1 aromatic rings. The summed E-state index contributed by atoms with van der Waals surface area (Å²) in [4.78, 5) is 25.4. The van der Waals surface area contributed by atoms with Crippen LogP contribution >= 0.6 is 11.6 Å². The van der Waals surface area contributed by atoms with Crippen LogP contribution in [-0.4, -0.2) is 47.8 Å². The number of carbonyl (C=O) groups is 2. The van der Waals surface area contributed by atoms with E-state index in [2.05, 4.69) is 5.32 Å². The number of benzene rings is 1. The molecule has 1 aromatic carbocycles. The SMILES string of the molecule is CCOC(=O)CCN(C(=O)Nc1ccc(Cl)cc1)C(CC)CO. The molecule has 0 spiro atoms. The maximum atomic E-state index is 12.4. The Bertz CT molecular complexity index is 503. The van der Waals surface area contributed by atoms with E-state index < -0.39 is 0 Å². The van der Waals surface area contributed by atoms with Crippen molar-refractivity contribution in [1.82, 2.24) is 4.90 Å². The van der Waals surface area contributed by atoms with Gasteiger partial charge in [0.15, 0.2) is 0 Å². The number of nitrogens with one attached hydrogen (secondary N) is 1. The normalized spacial score (nSPS) is 11.7. The average molecular weight is 343 g/mol. The van der Waals surface area contributed by atoms with Gasteiger partial charge in [0.05, 0.1) is 25.7 Å². The second-order valence-electron chi connectivity index (χ2n) is 4.93. The van der Waals surface area contributed by atoms with Gasteiger partial charge in [0.2, 0.25) is 0 Å². The van der Waals surface area contributed by atoms with Crippen LogP contribution in [0.25, 0.3) is 0 Å².